The van der Waals surface area contributed by atoms with E-state index in [-0.39, 0.29) is 11.0 Å². The minimum Gasteiger partial charge on any atom is -0.497 e. The number of aromatic amines is 1. The molecule has 0 amide bonds. The molecule has 0 spiro atoms. The molecule has 0 atom stereocenters. The standard InChI is InChI=1S/C30H25N5O5/c1-39-22-7-6-20(26(12-22)40-2)14-34-15-21(11-18-4-3-5-19(10-18)30(37)38)35-16-24(28(36)25(35)17-34)23-13-33-29-27(23)31-8-9-32-29/h3-10,12-13,15-17H,11,14H2,1-2H3,(H,32,33)(H,37,38). The van der Waals surface area contributed by atoms with Crippen molar-refractivity contribution in [1.29, 1.82) is 0 Å². The first kappa shape index (κ1) is 24.9. The molecule has 2 aromatic heterocycles. The number of nitrogens with zero attached hydrogens (tertiary/aromatic N) is 4. The molecule has 6 rings (SSSR count). The minimum absolute atomic E-state index is 0.150. The molecular weight excluding hydrogens is 510 g/mol. The van der Waals surface area contributed by atoms with Gasteiger partial charge >= 0.3 is 5.97 Å². The SMILES string of the molecule is COc1ccc(Cn2cc3c(=O)c(-c4c[nH]c5nccnc45)cn-3c(Cc3cccc(C(=O)O)c3)c2)c(OC)c1. The first-order valence-electron chi connectivity index (χ1n) is 12.5. The van der Waals surface area contributed by atoms with Crippen LogP contribution in [0.2, 0.25) is 0 Å². The largest absolute Gasteiger partial charge is 0.497 e. The second kappa shape index (κ2) is 10.1. The summed E-state index contributed by atoms with van der Waals surface area (Å²) in [5.74, 6) is 0.352. The number of H-pyrrole nitrogens is 1. The van der Waals surface area contributed by atoms with Gasteiger partial charge in [0.25, 0.3) is 0 Å². The summed E-state index contributed by atoms with van der Waals surface area (Å²) in [6.45, 7) is 0.435. The van der Waals surface area contributed by atoms with Gasteiger partial charge < -0.3 is 28.7 Å². The number of aromatic carboxylic acids is 1. The predicted molar refractivity (Wildman–Crippen MR) is 149 cm³/mol. The molecule has 10 heteroatoms. The lowest BCUT2D eigenvalue weighted by Gasteiger charge is -2.18. The Labute approximate surface area is 228 Å². The van der Waals surface area contributed by atoms with E-state index in [0.717, 1.165) is 16.8 Å². The molecule has 0 aliphatic carbocycles. The van der Waals surface area contributed by atoms with Gasteiger partial charge in [-0.3, -0.25) is 9.78 Å². The monoisotopic (exact) mass is 535 g/mol. The Morgan fingerprint density at radius 2 is 1.85 bits per heavy atom. The van der Waals surface area contributed by atoms with Crippen LogP contribution < -0.4 is 14.9 Å². The first-order chi connectivity index (χ1) is 19.4. The molecule has 0 saturated carbocycles. The van der Waals surface area contributed by atoms with Crippen LogP contribution in [0.5, 0.6) is 11.5 Å². The number of rotatable bonds is 8. The van der Waals surface area contributed by atoms with Crippen LogP contribution in [0.4, 0.5) is 0 Å². The molecule has 4 heterocycles. The molecule has 40 heavy (non-hydrogen) atoms. The molecule has 4 aromatic rings. The lowest BCUT2D eigenvalue weighted by Crippen LogP contribution is -2.15. The third-order valence-electron chi connectivity index (χ3n) is 6.91. The molecule has 0 radical (unpaired) electrons. The van der Waals surface area contributed by atoms with E-state index in [1.165, 1.54) is 0 Å². The van der Waals surface area contributed by atoms with E-state index < -0.39 is 5.97 Å². The summed E-state index contributed by atoms with van der Waals surface area (Å²) in [5, 5.41) is 9.49. The van der Waals surface area contributed by atoms with Gasteiger partial charge in [-0.15, -0.1) is 0 Å². The van der Waals surface area contributed by atoms with E-state index in [2.05, 4.69) is 15.0 Å². The lowest BCUT2D eigenvalue weighted by molar-refractivity contribution is 0.0696. The maximum atomic E-state index is 13.8. The van der Waals surface area contributed by atoms with Crippen molar-refractivity contribution < 1.29 is 19.4 Å². The van der Waals surface area contributed by atoms with Crippen molar-refractivity contribution in [2.45, 2.75) is 13.0 Å². The minimum atomic E-state index is -0.993. The average Bonchev–Trinajstić information content (AvgIpc) is 3.54. The number of ether oxygens (including phenoxy) is 2. The van der Waals surface area contributed by atoms with Gasteiger partial charge in [0, 0.05) is 66.5 Å². The van der Waals surface area contributed by atoms with E-state index in [4.69, 9.17) is 9.47 Å². The van der Waals surface area contributed by atoms with Crippen LogP contribution in [0.1, 0.15) is 27.2 Å². The fourth-order valence-corrected chi connectivity index (χ4v) is 4.98. The molecule has 2 aliphatic heterocycles. The zero-order chi connectivity index (χ0) is 27.8. The number of carbonyl (C=O) groups is 1. The number of fused-ring (bicyclic) bond motifs is 2. The summed E-state index contributed by atoms with van der Waals surface area (Å²) in [5.41, 5.74) is 5.42. The van der Waals surface area contributed by atoms with Gasteiger partial charge in [-0.25, -0.2) is 9.78 Å². The smallest absolute Gasteiger partial charge is 0.335 e. The molecule has 2 N–H and O–H groups in total. The topological polar surface area (TPSA) is 124 Å². The van der Waals surface area contributed by atoms with Crippen molar-refractivity contribution in [3.63, 3.8) is 0 Å². The van der Waals surface area contributed by atoms with Crippen molar-refractivity contribution in [2.24, 2.45) is 0 Å². The van der Waals surface area contributed by atoms with Gasteiger partial charge in [0.15, 0.2) is 5.65 Å². The van der Waals surface area contributed by atoms with Crippen LogP contribution in [0.25, 0.3) is 28.0 Å². The van der Waals surface area contributed by atoms with E-state index in [1.54, 1.807) is 51.0 Å². The molecule has 0 bridgehead atoms. The maximum absolute atomic E-state index is 13.8. The summed E-state index contributed by atoms with van der Waals surface area (Å²) in [4.78, 5) is 37.2. The fourth-order valence-electron chi connectivity index (χ4n) is 4.98. The van der Waals surface area contributed by atoms with Gasteiger partial charge in [-0.2, -0.15) is 0 Å². The number of carboxylic acid groups (broad SMARTS) is 1. The Balaban J connectivity index is 1.51. The Morgan fingerprint density at radius 3 is 2.65 bits per heavy atom. The van der Waals surface area contributed by atoms with Crippen molar-refractivity contribution in [3.8, 4) is 28.3 Å². The zero-order valence-corrected chi connectivity index (χ0v) is 21.8. The quantitative estimate of drug-likeness (QED) is 0.297. The number of hydrogen-bond acceptors (Lipinski definition) is 6. The summed E-state index contributed by atoms with van der Waals surface area (Å²) >= 11 is 0. The number of aromatic nitrogens is 5. The molecular formula is C30H25N5O5. The summed E-state index contributed by atoms with van der Waals surface area (Å²) in [6, 6.07) is 12.4. The highest BCUT2D eigenvalue weighted by Gasteiger charge is 2.21. The number of carboxylic acids is 1. The van der Waals surface area contributed by atoms with Crippen molar-refractivity contribution in [3.05, 3.63) is 112 Å². The van der Waals surface area contributed by atoms with E-state index in [1.807, 2.05) is 52.0 Å². The Hall–Kier alpha value is -5.38. The highest BCUT2D eigenvalue weighted by Crippen LogP contribution is 2.29. The highest BCUT2D eigenvalue weighted by molar-refractivity contribution is 5.90. The van der Waals surface area contributed by atoms with Crippen LogP contribution in [0.3, 0.4) is 0 Å². The Bertz CT molecular complexity index is 1900. The molecule has 0 unspecified atom stereocenters. The van der Waals surface area contributed by atoms with E-state index in [0.29, 0.717) is 52.4 Å². The van der Waals surface area contributed by atoms with Gasteiger partial charge in [-0.05, 0) is 29.8 Å². The molecule has 0 saturated heterocycles. The second-order valence-electron chi connectivity index (χ2n) is 9.37. The maximum Gasteiger partial charge on any atom is 0.335 e. The van der Waals surface area contributed by atoms with Crippen molar-refractivity contribution >= 4 is 17.1 Å². The number of hydrogen-bond donors (Lipinski definition) is 2. The van der Waals surface area contributed by atoms with Crippen LogP contribution in [-0.4, -0.2) is 49.4 Å². The van der Waals surface area contributed by atoms with Gasteiger partial charge in [0.05, 0.1) is 31.9 Å². The highest BCUT2D eigenvalue weighted by atomic mass is 16.5. The second-order valence-corrected chi connectivity index (χ2v) is 9.37. The Kier molecular flexibility index (Phi) is 6.27. The number of methoxy groups -OCH3 is 2. The fraction of sp³-hybridized carbons (Fsp3) is 0.133. The Morgan fingerprint density at radius 1 is 1.00 bits per heavy atom. The van der Waals surface area contributed by atoms with E-state index in [9.17, 15) is 14.7 Å². The van der Waals surface area contributed by atoms with Crippen LogP contribution >= 0.6 is 0 Å². The van der Waals surface area contributed by atoms with Crippen molar-refractivity contribution in [1.82, 2.24) is 24.1 Å². The first-order valence-corrected chi connectivity index (χ1v) is 12.5. The third-order valence-corrected chi connectivity index (χ3v) is 6.91. The third kappa shape index (κ3) is 4.45. The molecule has 200 valence electrons. The average molecular weight is 536 g/mol. The summed E-state index contributed by atoms with van der Waals surface area (Å²) in [7, 11) is 3.20. The van der Waals surface area contributed by atoms with Crippen molar-refractivity contribution in [2.75, 3.05) is 14.2 Å². The van der Waals surface area contributed by atoms with Crippen LogP contribution in [0.15, 0.2) is 84.4 Å². The number of benzene rings is 2. The molecule has 2 aliphatic rings. The lowest BCUT2D eigenvalue weighted by atomic mass is 10.1. The molecule has 10 nitrogen and oxygen atoms in total. The van der Waals surface area contributed by atoms with Crippen LogP contribution in [0, 0.1) is 0 Å². The van der Waals surface area contributed by atoms with E-state index >= 15 is 0 Å². The summed E-state index contributed by atoms with van der Waals surface area (Å²) in [6.07, 6.45) is 10.9. The molecule has 0 fully saturated rings. The predicted octanol–water partition coefficient (Wildman–Crippen LogP) is 4.37. The summed E-state index contributed by atoms with van der Waals surface area (Å²) < 4.78 is 14.7. The van der Waals surface area contributed by atoms with Gasteiger partial charge in [0.2, 0.25) is 5.43 Å². The normalized spacial score (nSPS) is 11.2. The van der Waals surface area contributed by atoms with Gasteiger partial charge in [0.1, 0.15) is 22.7 Å². The number of nitrogens with one attached hydrogen (secondary N) is 1. The van der Waals surface area contributed by atoms with Gasteiger partial charge in [-0.1, -0.05) is 12.1 Å². The molecule has 2 aromatic carbocycles. The zero-order valence-electron chi connectivity index (χ0n) is 21.8. The van der Waals surface area contributed by atoms with Crippen LogP contribution in [-0.2, 0) is 13.0 Å².